The molecule has 1 rings (SSSR count). The van der Waals surface area contributed by atoms with Gasteiger partial charge >= 0.3 is 0 Å². The molecule has 0 spiro atoms. The lowest BCUT2D eigenvalue weighted by Crippen LogP contribution is -2.32. The van der Waals surface area contributed by atoms with Crippen LogP contribution < -0.4 is 11.1 Å². The van der Waals surface area contributed by atoms with E-state index < -0.39 is 0 Å². The van der Waals surface area contributed by atoms with Gasteiger partial charge in [0.05, 0.1) is 5.92 Å². The number of nitrogens with one attached hydrogen (secondary N) is 1. The van der Waals surface area contributed by atoms with Crippen molar-refractivity contribution in [2.45, 2.75) is 34.1 Å². The summed E-state index contributed by atoms with van der Waals surface area (Å²) in [6, 6.07) is 1.68. The van der Waals surface area contributed by atoms with Gasteiger partial charge in [0, 0.05) is 12.6 Å². The standard InChI is InChI=1S/C12H21N3O2/c1-8-5-10(15-17-8)14-11(16)9(7-13)6-12(2,3)4/h5,9H,6-7,13H2,1-4H3,(H,14,15,16). The second-order valence-corrected chi connectivity index (χ2v) is 5.51. The van der Waals surface area contributed by atoms with Gasteiger partial charge in [-0.3, -0.25) is 4.79 Å². The molecular formula is C12H21N3O2. The van der Waals surface area contributed by atoms with E-state index in [1.165, 1.54) is 0 Å². The van der Waals surface area contributed by atoms with E-state index in [4.69, 9.17) is 10.3 Å². The molecule has 1 unspecified atom stereocenters. The van der Waals surface area contributed by atoms with E-state index in [1.807, 2.05) is 0 Å². The summed E-state index contributed by atoms with van der Waals surface area (Å²) in [5.41, 5.74) is 5.71. The van der Waals surface area contributed by atoms with Crippen LogP contribution in [-0.2, 0) is 4.79 Å². The van der Waals surface area contributed by atoms with Crippen LogP contribution in [0.1, 0.15) is 33.0 Å². The van der Waals surface area contributed by atoms with Gasteiger partial charge in [0.1, 0.15) is 5.76 Å². The predicted octanol–water partition coefficient (Wildman–Crippen LogP) is 1.93. The number of carbonyl (C=O) groups is 1. The molecule has 1 aromatic heterocycles. The molecule has 1 atom stereocenters. The normalized spacial score (nSPS) is 13.5. The molecule has 5 heteroatoms. The molecule has 0 aliphatic heterocycles. The summed E-state index contributed by atoms with van der Waals surface area (Å²) in [7, 11) is 0. The number of nitrogens with zero attached hydrogens (tertiary/aromatic N) is 1. The van der Waals surface area contributed by atoms with Gasteiger partial charge in [0.25, 0.3) is 0 Å². The zero-order valence-electron chi connectivity index (χ0n) is 10.9. The molecule has 0 saturated heterocycles. The fourth-order valence-electron chi connectivity index (χ4n) is 1.68. The van der Waals surface area contributed by atoms with Crippen molar-refractivity contribution in [1.82, 2.24) is 5.16 Å². The average Bonchev–Trinajstić information content (AvgIpc) is 2.59. The van der Waals surface area contributed by atoms with E-state index in [9.17, 15) is 4.79 Å². The molecule has 0 aliphatic rings. The van der Waals surface area contributed by atoms with Crippen LogP contribution in [0.3, 0.4) is 0 Å². The molecule has 0 fully saturated rings. The van der Waals surface area contributed by atoms with E-state index >= 15 is 0 Å². The quantitative estimate of drug-likeness (QED) is 0.841. The first kappa shape index (κ1) is 13.7. The molecule has 0 aliphatic carbocycles. The van der Waals surface area contributed by atoms with E-state index in [1.54, 1.807) is 13.0 Å². The minimum absolute atomic E-state index is 0.0706. The molecule has 3 N–H and O–H groups in total. The second kappa shape index (κ2) is 5.31. The zero-order valence-corrected chi connectivity index (χ0v) is 10.9. The minimum atomic E-state index is -0.202. The summed E-state index contributed by atoms with van der Waals surface area (Å²) in [5, 5.41) is 6.43. The predicted molar refractivity (Wildman–Crippen MR) is 66.5 cm³/mol. The molecule has 5 nitrogen and oxygen atoms in total. The Kier molecular flexibility index (Phi) is 4.28. The van der Waals surface area contributed by atoms with Gasteiger partial charge in [0.15, 0.2) is 5.82 Å². The average molecular weight is 239 g/mol. The first-order valence-electron chi connectivity index (χ1n) is 5.76. The fraction of sp³-hybridized carbons (Fsp3) is 0.667. The number of amides is 1. The zero-order chi connectivity index (χ0) is 13.1. The highest BCUT2D eigenvalue weighted by atomic mass is 16.5. The van der Waals surface area contributed by atoms with Crippen LogP contribution >= 0.6 is 0 Å². The van der Waals surface area contributed by atoms with Crippen LogP contribution in [-0.4, -0.2) is 17.6 Å². The molecule has 0 saturated carbocycles. The van der Waals surface area contributed by atoms with Gasteiger partial charge < -0.3 is 15.6 Å². The number of carbonyl (C=O) groups excluding carboxylic acids is 1. The largest absolute Gasteiger partial charge is 0.360 e. The maximum absolute atomic E-state index is 12.0. The maximum atomic E-state index is 12.0. The van der Waals surface area contributed by atoms with Crippen molar-refractivity contribution in [2.24, 2.45) is 17.1 Å². The summed E-state index contributed by atoms with van der Waals surface area (Å²) >= 11 is 0. The molecule has 96 valence electrons. The van der Waals surface area contributed by atoms with Crippen molar-refractivity contribution in [2.75, 3.05) is 11.9 Å². The third kappa shape index (κ3) is 4.56. The molecule has 0 bridgehead atoms. The Labute approximate surface area is 102 Å². The Morgan fingerprint density at radius 3 is 2.65 bits per heavy atom. The van der Waals surface area contributed by atoms with Gasteiger partial charge in [-0.15, -0.1) is 0 Å². The number of hydrogen-bond donors (Lipinski definition) is 2. The Bertz CT molecular complexity index is 379. The van der Waals surface area contributed by atoms with Gasteiger partial charge in [-0.25, -0.2) is 0 Å². The smallest absolute Gasteiger partial charge is 0.230 e. The second-order valence-electron chi connectivity index (χ2n) is 5.51. The third-order valence-corrected chi connectivity index (χ3v) is 2.39. The lowest BCUT2D eigenvalue weighted by atomic mass is 9.84. The summed E-state index contributed by atoms with van der Waals surface area (Å²) in [5.74, 6) is 0.808. The van der Waals surface area contributed by atoms with E-state index in [-0.39, 0.29) is 17.2 Å². The van der Waals surface area contributed by atoms with Gasteiger partial charge in [-0.2, -0.15) is 0 Å². The van der Waals surface area contributed by atoms with Crippen LogP contribution in [0.5, 0.6) is 0 Å². The Morgan fingerprint density at radius 1 is 1.59 bits per heavy atom. The third-order valence-electron chi connectivity index (χ3n) is 2.39. The fourth-order valence-corrected chi connectivity index (χ4v) is 1.68. The highest BCUT2D eigenvalue weighted by molar-refractivity contribution is 5.91. The summed E-state index contributed by atoms with van der Waals surface area (Å²) in [6.45, 7) is 8.37. The van der Waals surface area contributed by atoms with Crippen molar-refractivity contribution in [3.63, 3.8) is 0 Å². The highest BCUT2D eigenvalue weighted by Gasteiger charge is 2.24. The van der Waals surface area contributed by atoms with Crippen molar-refractivity contribution < 1.29 is 9.32 Å². The minimum Gasteiger partial charge on any atom is -0.360 e. The lowest BCUT2D eigenvalue weighted by molar-refractivity contribution is -0.120. The first-order chi connectivity index (χ1) is 7.81. The van der Waals surface area contributed by atoms with Gasteiger partial charge in [0.2, 0.25) is 5.91 Å². The number of aryl methyl sites for hydroxylation is 1. The number of nitrogens with two attached hydrogens (primary N) is 1. The molecule has 1 heterocycles. The van der Waals surface area contributed by atoms with Gasteiger partial charge in [-0.1, -0.05) is 25.9 Å². The van der Waals surface area contributed by atoms with Crippen LogP contribution in [0.15, 0.2) is 10.6 Å². The molecule has 1 amide bonds. The summed E-state index contributed by atoms with van der Waals surface area (Å²) in [6.07, 6.45) is 0.742. The van der Waals surface area contributed by atoms with Crippen LogP contribution in [0.4, 0.5) is 5.82 Å². The van der Waals surface area contributed by atoms with Crippen molar-refractivity contribution in [3.05, 3.63) is 11.8 Å². The molecule has 1 aromatic rings. The van der Waals surface area contributed by atoms with E-state index in [2.05, 4.69) is 31.2 Å². The van der Waals surface area contributed by atoms with Crippen molar-refractivity contribution in [3.8, 4) is 0 Å². The van der Waals surface area contributed by atoms with Gasteiger partial charge in [-0.05, 0) is 18.8 Å². The van der Waals surface area contributed by atoms with E-state index in [0.29, 0.717) is 18.1 Å². The molecule has 17 heavy (non-hydrogen) atoms. The summed E-state index contributed by atoms with van der Waals surface area (Å²) in [4.78, 5) is 12.0. The Hall–Kier alpha value is -1.36. The molecular weight excluding hydrogens is 218 g/mol. The molecule has 0 radical (unpaired) electrons. The van der Waals surface area contributed by atoms with Crippen LogP contribution in [0.2, 0.25) is 0 Å². The van der Waals surface area contributed by atoms with Crippen LogP contribution in [0.25, 0.3) is 0 Å². The monoisotopic (exact) mass is 239 g/mol. The SMILES string of the molecule is Cc1cc(NC(=O)C(CN)CC(C)(C)C)no1. The van der Waals surface area contributed by atoms with E-state index in [0.717, 1.165) is 6.42 Å². The highest BCUT2D eigenvalue weighted by Crippen LogP contribution is 2.24. The number of rotatable bonds is 4. The van der Waals surface area contributed by atoms with Crippen LogP contribution in [0, 0.1) is 18.3 Å². The Balaban J connectivity index is 2.61. The van der Waals surface area contributed by atoms with Crippen molar-refractivity contribution >= 4 is 11.7 Å². The first-order valence-corrected chi connectivity index (χ1v) is 5.76. The van der Waals surface area contributed by atoms with Crippen molar-refractivity contribution in [1.29, 1.82) is 0 Å². The number of anilines is 1. The maximum Gasteiger partial charge on any atom is 0.230 e. The summed E-state index contributed by atoms with van der Waals surface area (Å²) < 4.78 is 4.88. The number of aromatic nitrogens is 1. The molecule has 0 aromatic carbocycles. The number of hydrogen-bond acceptors (Lipinski definition) is 4. The topological polar surface area (TPSA) is 81.2 Å². The lowest BCUT2D eigenvalue weighted by Gasteiger charge is -2.23. The Morgan fingerprint density at radius 2 is 2.24 bits per heavy atom.